The Morgan fingerprint density at radius 1 is 0.413 bits per heavy atom. The minimum atomic E-state index is -1.52. The van der Waals surface area contributed by atoms with E-state index in [9.17, 15) is 10.2 Å². The van der Waals surface area contributed by atoms with Crippen molar-refractivity contribution in [2.75, 3.05) is 0 Å². The number of rotatable bonds is 2. The zero-order chi connectivity index (χ0) is 31.4. The molecule has 0 amide bonds. The smallest absolute Gasteiger partial charge is 0.141 e. The molecule has 9 rings (SSSR count). The Hall–Kier alpha value is -4.54. The van der Waals surface area contributed by atoms with Crippen LogP contribution >= 0.6 is 15.9 Å². The number of benzene rings is 7. The van der Waals surface area contributed by atoms with E-state index in [4.69, 9.17) is 0 Å². The second-order valence-corrected chi connectivity index (χ2v) is 14.3. The van der Waals surface area contributed by atoms with Crippen LogP contribution in [-0.2, 0) is 16.6 Å². The lowest BCUT2D eigenvalue weighted by Crippen LogP contribution is -2.44. The van der Waals surface area contributed by atoms with Crippen LogP contribution in [-0.4, -0.2) is 10.2 Å². The molecule has 0 saturated carbocycles. The monoisotopic (exact) mass is 658 g/mol. The molecule has 7 aromatic carbocycles. The predicted octanol–water partition coefficient (Wildman–Crippen LogP) is 9.94. The number of halogens is 1. The SMILES string of the molecule is CC1(C)c2cc(Br)ccc2-c2cc3c(cc21)C(O)(c1ccc2ccccc2c1)c1ccccc1C3(O)c1ccc2ccccc2c1. The van der Waals surface area contributed by atoms with Crippen LogP contribution in [0.3, 0.4) is 0 Å². The zero-order valence-corrected chi connectivity index (χ0v) is 27.1. The fraction of sp³-hybridized carbons (Fsp3) is 0.116. The highest BCUT2D eigenvalue weighted by Crippen LogP contribution is 2.58. The van der Waals surface area contributed by atoms with Gasteiger partial charge in [0.15, 0.2) is 0 Å². The Morgan fingerprint density at radius 3 is 1.46 bits per heavy atom. The minimum absolute atomic E-state index is 0.314. The molecular weight excluding hydrogens is 628 g/mol. The molecule has 2 nitrogen and oxygen atoms in total. The maximum atomic E-state index is 13.4. The number of hydrogen-bond acceptors (Lipinski definition) is 2. The van der Waals surface area contributed by atoms with E-state index in [2.05, 4.69) is 109 Å². The molecule has 0 saturated heterocycles. The molecule has 0 aromatic heterocycles. The van der Waals surface area contributed by atoms with Gasteiger partial charge in [-0.2, -0.15) is 0 Å². The third-order valence-electron chi connectivity index (χ3n) is 10.6. The summed E-state index contributed by atoms with van der Waals surface area (Å²) in [6, 6.07) is 47.6. The van der Waals surface area contributed by atoms with Gasteiger partial charge < -0.3 is 10.2 Å². The van der Waals surface area contributed by atoms with Gasteiger partial charge in [-0.25, -0.2) is 0 Å². The summed E-state index contributed by atoms with van der Waals surface area (Å²) in [5, 5.41) is 31.1. The third kappa shape index (κ3) is 3.59. The predicted molar refractivity (Wildman–Crippen MR) is 190 cm³/mol. The van der Waals surface area contributed by atoms with Crippen molar-refractivity contribution in [2.24, 2.45) is 0 Å². The molecule has 0 bridgehead atoms. The van der Waals surface area contributed by atoms with E-state index in [-0.39, 0.29) is 5.41 Å². The quantitative estimate of drug-likeness (QED) is 0.194. The molecule has 0 spiro atoms. The van der Waals surface area contributed by atoms with Gasteiger partial charge in [-0.1, -0.05) is 139 Å². The van der Waals surface area contributed by atoms with E-state index in [1.807, 2.05) is 60.7 Å². The molecule has 7 aromatic rings. The lowest BCUT2D eigenvalue weighted by Gasteiger charge is -2.46. The first-order chi connectivity index (χ1) is 22.2. The van der Waals surface area contributed by atoms with E-state index >= 15 is 0 Å². The summed E-state index contributed by atoms with van der Waals surface area (Å²) in [6.45, 7) is 4.50. The molecule has 2 aliphatic carbocycles. The van der Waals surface area contributed by atoms with Crippen molar-refractivity contribution in [1.29, 1.82) is 0 Å². The van der Waals surface area contributed by atoms with Crippen LogP contribution < -0.4 is 0 Å². The van der Waals surface area contributed by atoms with Crippen LogP contribution in [0.4, 0.5) is 0 Å². The Kier molecular flexibility index (Phi) is 5.73. The Morgan fingerprint density at radius 2 is 0.891 bits per heavy atom. The maximum absolute atomic E-state index is 13.4. The molecule has 0 fully saturated rings. The second-order valence-electron chi connectivity index (χ2n) is 13.3. The van der Waals surface area contributed by atoms with Crippen molar-refractivity contribution in [3.05, 3.63) is 189 Å². The third-order valence-corrected chi connectivity index (χ3v) is 11.1. The van der Waals surface area contributed by atoms with Gasteiger partial charge in [0.1, 0.15) is 11.2 Å². The number of fused-ring (bicyclic) bond motifs is 7. The molecule has 222 valence electrons. The van der Waals surface area contributed by atoms with Gasteiger partial charge in [0.25, 0.3) is 0 Å². The number of aliphatic hydroxyl groups is 2. The van der Waals surface area contributed by atoms with E-state index < -0.39 is 11.2 Å². The average Bonchev–Trinajstić information content (AvgIpc) is 3.30. The Bertz CT molecular complexity index is 2410. The topological polar surface area (TPSA) is 40.5 Å². The Labute approximate surface area is 276 Å². The normalized spacial score (nSPS) is 20.6. The highest BCUT2D eigenvalue weighted by molar-refractivity contribution is 9.10. The van der Waals surface area contributed by atoms with E-state index in [0.717, 1.165) is 53.8 Å². The minimum Gasteiger partial charge on any atom is -0.376 e. The van der Waals surface area contributed by atoms with E-state index in [0.29, 0.717) is 22.3 Å². The molecule has 0 aliphatic heterocycles. The Balaban J connectivity index is 1.42. The lowest BCUT2D eigenvalue weighted by atomic mass is 9.62. The molecule has 2 N–H and O–H groups in total. The average molecular weight is 660 g/mol. The van der Waals surface area contributed by atoms with Crippen LogP contribution in [0.1, 0.15) is 58.4 Å². The van der Waals surface area contributed by atoms with Crippen molar-refractivity contribution < 1.29 is 10.2 Å². The van der Waals surface area contributed by atoms with Gasteiger partial charge in [0.2, 0.25) is 0 Å². The molecule has 3 heteroatoms. The maximum Gasteiger partial charge on any atom is 0.141 e. The lowest BCUT2D eigenvalue weighted by molar-refractivity contribution is 0.0748. The molecule has 0 radical (unpaired) electrons. The fourth-order valence-corrected chi connectivity index (χ4v) is 8.57. The molecule has 46 heavy (non-hydrogen) atoms. The van der Waals surface area contributed by atoms with Gasteiger partial charge >= 0.3 is 0 Å². The van der Waals surface area contributed by atoms with Crippen molar-refractivity contribution in [3.63, 3.8) is 0 Å². The standard InChI is InChI=1S/C43H31BrO2/c1-41(2)37-23-32(44)19-20-33(37)34-24-39-40(25-38(34)41)43(46,31-18-16-27-10-4-6-12-29(27)22-31)36-14-8-7-13-35(36)42(39,45)30-17-15-26-9-3-5-11-28(26)21-30/h3-25,45-46H,1-2H3. The van der Waals surface area contributed by atoms with E-state index in [1.54, 1.807) is 0 Å². The first-order valence-corrected chi connectivity index (χ1v) is 16.5. The van der Waals surface area contributed by atoms with Crippen LogP contribution in [0, 0.1) is 0 Å². The summed E-state index contributed by atoms with van der Waals surface area (Å²) in [7, 11) is 0. The van der Waals surface area contributed by atoms with E-state index in [1.165, 1.54) is 5.56 Å². The van der Waals surface area contributed by atoms with Crippen molar-refractivity contribution in [2.45, 2.75) is 30.5 Å². The fourth-order valence-electron chi connectivity index (χ4n) is 8.21. The molecule has 2 unspecified atom stereocenters. The van der Waals surface area contributed by atoms with Crippen LogP contribution in [0.15, 0.2) is 144 Å². The first kappa shape index (κ1) is 27.7. The van der Waals surface area contributed by atoms with Crippen LogP contribution in [0.5, 0.6) is 0 Å². The molecule has 0 heterocycles. The highest BCUT2D eigenvalue weighted by atomic mass is 79.9. The van der Waals surface area contributed by atoms with Crippen molar-refractivity contribution in [1.82, 2.24) is 0 Å². The van der Waals surface area contributed by atoms with Gasteiger partial charge in [0.05, 0.1) is 0 Å². The molecule has 2 atom stereocenters. The van der Waals surface area contributed by atoms with Gasteiger partial charge in [-0.05, 0) is 102 Å². The summed E-state index contributed by atoms with van der Waals surface area (Å²) in [4.78, 5) is 0. The molecule has 2 aliphatic rings. The van der Waals surface area contributed by atoms with Gasteiger partial charge in [-0.3, -0.25) is 0 Å². The van der Waals surface area contributed by atoms with Crippen molar-refractivity contribution in [3.8, 4) is 11.1 Å². The van der Waals surface area contributed by atoms with Crippen molar-refractivity contribution >= 4 is 37.5 Å². The number of hydrogen-bond donors (Lipinski definition) is 2. The summed E-state index contributed by atoms with van der Waals surface area (Å²) < 4.78 is 1.03. The molecular formula is C43H31BrO2. The summed E-state index contributed by atoms with van der Waals surface area (Å²) in [5.41, 5.74) is 5.57. The van der Waals surface area contributed by atoms with Crippen LogP contribution in [0.2, 0.25) is 0 Å². The summed E-state index contributed by atoms with van der Waals surface area (Å²) in [5.74, 6) is 0. The zero-order valence-electron chi connectivity index (χ0n) is 25.6. The van der Waals surface area contributed by atoms with Crippen LogP contribution in [0.25, 0.3) is 32.7 Å². The van der Waals surface area contributed by atoms with Gasteiger partial charge in [-0.15, -0.1) is 0 Å². The van der Waals surface area contributed by atoms with Gasteiger partial charge in [0, 0.05) is 15.5 Å². The summed E-state index contributed by atoms with van der Waals surface area (Å²) >= 11 is 3.70. The summed E-state index contributed by atoms with van der Waals surface area (Å²) in [6.07, 6.45) is 0. The second kappa shape index (κ2) is 9.49. The largest absolute Gasteiger partial charge is 0.376 e. The first-order valence-electron chi connectivity index (χ1n) is 15.7. The highest BCUT2D eigenvalue weighted by Gasteiger charge is 2.52.